The zero-order valence-corrected chi connectivity index (χ0v) is 16.6. The Labute approximate surface area is 171 Å². The largest absolute Gasteiger partial charge is 0.437 e. The third-order valence-electron chi connectivity index (χ3n) is 3.85. The van der Waals surface area contributed by atoms with Gasteiger partial charge in [-0.3, -0.25) is 15.6 Å². The number of carbonyl (C=O) groups excluding carboxylic acids is 1. The van der Waals surface area contributed by atoms with E-state index in [1.807, 2.05) is 13.8 Å². The van der Waals surface area contributed by atoms with E-state index in [0.717, 1.165) is 11.1 Å². The summed E-state index contributed by atoms with van der Waals surface area (Å²) in [5.41, 5.74) is 13.5. The predicted molar refractivity (Wildman–Crippen MR) is 110 cm³/mol. The average Bonchev–Trinajstić information content (AvgIpc) is 2.66. The van der Waals surface area contributed by atoms with Crippen LogP contribution in [-0.2, 0) is 0 Å². The van der Waals surface area contributed by atoms with Gasteiger partial charge < -0.3 is 10.5 Å². The van der Waals surface area contributed by atoms with Crippen LogP contribution in [0.15, 0.2) is 42.7 Å². The Morgan fingerprint density at radius 2 is 1.82 bits per heavy atom. The third kappa shape index (κ3) is 4.44. The van der Waals surface area contributed by atoms with E-state index in [1.165, 1.54) is 6.33 Å². The van der Waals surface area contributed by atoms with Gasteiger partial charge in [-0.1, -0.05) is 29.3 Å². The van der Waals surface area contributed by atoms with E-state index in [1.54, 1.807) is 36.4 Å². The molecule has 3 aromatic rings. The molecular weight excluding hydrogens is 401 g/mol. The van der Waals surface area contributed by atoms with Gasteiger partial charge in [-0.15, -0.1) is 0 Å². The molecule has 7 nitrogen and oxygen atoms in total. The summed E-state index contributed by atoms with van der Waals surface area (Å²) in [5.74, 6) is 0.490. The third-order valence-corrected chi connectivity index (χ3v) is 4.68. The molecule has 2 aromatic carbocycles. The maximum absolute atomic E-state index is 12.2. The van der Waals surface area contributed by atoms with Crippen LogP contribution >= 0.6 is 23.2 Å². The fourth-order valence-corrected chi connectivity index (χ4v) is 2.75. The number of nitrogen functional groups attached to an aromatic ring is 1. The Kier molecular flexibility index (Phi) is 5.87. The first-order valence-electron chi connectivity index (χ1n) is 8.22. The Morgan fingerprint density at radius 1 is 1.11 bits per heavy atom. The van der Waals surface area contributed by atoms with Gasteiger partial charge in [-0.05, 0) is 55.3 Å². The Hall–Kier alpha value is -3.03. The minimum atomic E-state index is -0.396. The lowest BCUT2D eigenvalue weighted by Gasteiger charge is -2.13. The normalized spacial score (nSPS) is 10.4. The van der Waals surface area contributed by atoms with Crippen molar-refractivity contribution in [2.75, 3.05) is 11.2 Å². The summed E-state index contributed by atoms with van der Waals surface area (Å²) in [7, 11) is 0. The topological polar surface area (TPSA) is 102 Å². The van der Waals surface area contributed by atoms with Gasteiger partial charge >= 0.3 is 0 Å². The quantitative estimate of drug-likeness (QED) is 0.526. The number of halogens is 2. The second kappa shape index (κ2) is 8.33. The molecule has 0 saturated carbocycles. The summed E-state index contributed by atoms with van der Waals surface area (Å²) in [6, 6.07) is 10.1. The molecule has 0 aliphatic carbocycles. The maximum Gasteiger partial charge on any atom is 0.269 e. The molecule has 1 heterocycles. The molecule has 0 atom stereocenters. The lowest BCUT2D eigenvalue weighted by atomic mass is 10.1. The number of amides is 1. The Balaban J connectivity index is 1.75. The minimum Gasteiger partial charge on any atom is -0.437 e. The van der Waals surface area contributed by atoms with Crippen molar-refractivity contribution in [2.45, 2.75) is 13.8 Å². The van der Waals surface area contributed by atoms with E-state index in [4.69, 9.17) is 33.7 Å². The van der Waals surface area contributed by atoms with E-state index >= 15 is 0 Å². The summed E-state index contributed by atoms with van der Waals surface area (Å²) >= 11 is 12.1. The summed E-state index contributed by atoms with van der Waals surface area (Å²) < 4.78 is 5.77. The molecule has 0 aliphatic heterocycles. The van der Waals surface area contributed by atoms with Gasteiger partial charge in [0.05, 0.1) is 0 Å². The van der Waals surface area contributed by atoms with E-state index in [9.17, 15) is 4.79 Å². The van der Waals surface area contributed by atoms with Crippen LogP contribution < -0.4 is 21.3 Å². The second-order valence-electron chi connectivity index (χ2n) is 6.00. The van der Waals surface area contributed by atoms with Crippen molar-refractivity contribution in [3.05, 3.63) is 69.5 Å². The molecule has 144 valence electrons. The van der Waals surface area contributed by atoms with Crippen LogP contribution in [0, 0.1) is 13.8 Å². The maximum atomic E-state index is 12.2. The fraction of sp³-hybridized carbons (Fsp3) is 0.105. The molecule has 9 heteroatoms. The molecule has 0 fully saturated rings. The predicted octanol–water partition coefficient (Wildman–Crippen LogP) is 4.53. The number of carbonyl (C=O) groups is 1. The van der Waals surface area contributed by atoms with Crippen LogP contribution in [0.2, 0.25) is 10.0 Å². The van der Waals surface area contributed by atoms with Gasteiger partial charge in [0.25, 0.3) is 5.91 Å². The highest BCUT2D eigenvalue weighted by molar-refractivity contribution is 6.32. The van der Waals surface area contributed by atoms with Crippen molar-refractivity contribution in [3.8, 4) is 11.6 Å². The first kappa shape index (κ1) is 19.7. The standard InChI is InChI=1S/C19H17Cl2N5O2/c1-10-6-14(7-11(2)15(10)21)28-19-16(22)17(23-9-24-19)25-26-18(27)12-4-3-5-13(20)8-12/h3-9H,22H2,1-2H3,(H,26,27)(H,23,24,25). The van der Waals surface area contributed by atoms with Crippen molar-refractivity contribution in [2.24, 2.45) is 0 Å². The summed E-state index contributed by atoms with van der Waals surface area (Å²) in [6.07, 6.45) is 1.27. The van der Waals surface area contributed by atoms with E-state index in [2.05, 4.69) is 20.8 Å². The molecule has 3 rings (SSSR count). The van der Waals surface area contributed by atoms with Crippen LogP contribution in [0.3, 0.4) is 0 Å². The number of benzene rings is 2. The Morgan fingerprint density at radius 3 is 2.50 bits per heavy atom. The zero-order valence-electron chi connectivity index (χ0n) is 15.1. The van der Waals surface area contributed by atoms with E-state index in [0.29, 0.717) is 21.4 Å². The van der Waals surface area contributed by atoms with Crippen LogP contribution in [0.1, 0.15) is 21.5 Å². The van der Waals surface area contributed by atoms with Gasteiger partial charge in [-0.2, -0.15) is 4.98 Å². The highest BCUT2D eigenvalue weighted by atomic mass is 35.5. The highest BCUT2D eigenvalue weighted by Crippen LogP contribution is 2.32. The number of rotatable bonds is 5. The lowest BCUT2D eigenvalue weighted by molar-refractivity contribution is 0.0962. The van der Waals surface area contributed by atoms with Crippen molar-refractivity contribution >= 4 is 40.6 Å². The van der Waals surface area contributed by atoms with Crippen LogP contribution in [0.5, 0.6) is 11.6 Å². The number of hydrogen-bond acceptors (Lipinski definition) is 6. The molecular formula is C19H17Cl2N5O2. The summed E-state index contributed by atoms with van der Waals surface area (Å²) in [5, 5.41) is 1.13. The molecule has 4 N–H and O–H groups in total. The molecule has 28 heavy (non-hydrogen) atoms. The van der Waals surface area contributed by atoms with Crippen LogP contribution in [-0.4, -0.2) is 15.9 Å². The number of anilines is 2. The van der Waals surface area contributed by atoms with Crippen LogP contribution in [0.4, 0.5) is 11.5 Å². The van der Waals surface area contributed by atoms with Gasteiger partial charge in [-0.25, -0.2) is 4.98 Å². The fourth-order valence-electron chi connectivity index (χ4n) is 2.45. The van der Waals surface area contributed by atoms with Gasteiger partial charge in [0.15, 0.2) is 5.82 Å². The van der Waals surface area contributed by atoms with Crippen molar-refractivity contribution in [3.63, 3.8) is 0 Å². The molecule has 0 bridgehead atoms. The van der Waals surface area contributed by atoms with Crippen molar-refractivity contribution < 1.29 is 9.53 Å². The molecule has 1 aromatic heterocycles. The number of ether oxygens (including phenoxy) is 1. The van der Waals surface area contributed by atoms with Crippen LogP contribution in [0.25, 0.3) is 0 Å². The molecule has 0 saturated heterocycles. The monoisotopic (exact) mass is 417 g/mol. The second-order valence-corrected chi connectivity index (χ2v) is 6.82. The smallest absolute Gasteiger partial charge is 0.269 e. The van der Waals surface area contributed by atoms with E-state index in [-0.39, 0.29) is 17.4 Å². The van der Waals surface area contributed by atoms with Gasteiger partial charge in [0, 0.05) is 15.6 Å². The van der Waals surface area contributed by atoms with E-state index < -0.39 is 5.91 Å². The number of nitrogens with zero attached hydrogens (tertiary/aromatic N) is 2. The summed E-state index contributed by atoms with van der Waals surface area (Å²) in [6.45, 7) is 3.76. The molecule has 0 radical (unpaired) electrons. The first-order valence-corrected chi connectivity index (χ1v) is 8.97. The number of hydrazine groups is 1. The zero-order chi connectivity index (χ0) is 20.3. The van der Waals surface area contributed by atoms with Gasteiger partial charge in [0.2, 0.25) is 5.88 Å². The molecule has 1 amide bonds. The van der Waals surface area contributed by atoms with Gasteiger partial charge in [0.1, 0.15) is 17.8 Å². The van der Waals surface area contributed by atoms with Crippen molar-refractivity contribution in [1.82, 2.24) is 15.4 Å². The number of hydrogen-bond donors (Lipinski definition) is 3. The summed E-state index contributed by atoms with van der Waals surface area (Å²) in [4.78, 5) is 20.3. The number of aryl methyl sites for hydroxylation is 2. The van der Waals surface area contributed by atoms with Crippen molar-refractivity contribution in [1.29, 1.82) is 0 Å². The Bertz CT molecular complexity index is 1020. The highest BCUT2D eigenvalue weighted by Gasteiger charge is 2.13. The number of aromatic nitrogens is 2. The number of nitrogens with one attached hydrogen (secondary N) is 2. The SMILES string of the molecule is Cc1cc(Oc2ncnc(NNC(=O)c3cccc(Cl)c3)c2N)cc(C)c1Cl. The lowest BCUT2D eigenvalue weighted by Crippen LogP contribution is -2.30. The molecule has 0 spiro atoms. The first-order chi connectivity index (χ1) is 13.3. The molecule has 0 aliphatic rings. The molecule has 0 unspecified atom stereocenters. The number of nitrogens with two attached hydrogens (primary N) is 1. The minimum absolute atomic E-state index is 0.138. The average molecular weight is 418 g/mol.